The molecular weight excluding hydrogens is 293 g/mol. The first-order chi connectivity index (χ1) is 6.70. The van der Waals surface area contributed by atoms with Crippen molar-refractivity contribution in [3.8, 4) is 0 Å². The van der Waals surface area contributed by atoms with Gasteiger partial charge in [0.2, 0.25) is 0 Å². The molecular formula is C9H8IN3O. The van der Waals surface area contributed by atoms with Crippen LogP contribution in [-0.2, 0) is 7.05 Å². The molecule has 0 saturated heterocycles. The molecule has 72 valence electrons. The average molecular weight is 301 g/mol. The first-order valence-electron chi connectivity index (χ1n) is 4.05. The van der Waals surface area contributed by atoms with Crippen LogP contribution in [0.1, 0.15) is 15.9 Å². The Kier molecular flexibility index (Phi) is 2.40. The lowest BCUT2D eigenvalue weighted by atomic mass is 10.1. The van der Waals surface area contributed by atoms with E-state index in [1.165, 1.54) is 0 Å². The van der Waals surface area contributed by atoms with E-state index < -0.39 is 0 Å². The smallest absolute Gasteiger partial charge is 0.198 e. The minimum absolute atomic E-state index is 0.00347. The number of carbonyl (C=O) groups excluding carboxylic acids is 1. The third-order valence-corrected chi connectivity index (χ3v) is 3.25. The lowest BCUT2D eigenvalue weighted by Crippen LogP contribution is -2.02. The van der Waals surface area contributed by atoms with Crippen LogP contribution in [-0.4, -0.2) is 20.5 Å². The predicted octanol–water partition coefficient (Wildman–Crippen LogP) is 1.58. The largest absolute Gasteiger partial charge is 0.367 e. The van der Waals surface area contributed by atoms with Crippen LogP contribution in [0.3, 0.4) is 0 Å². The molecule has 0 atom stereocenters. The molecule has 2 aromatic heterocycles. The summed E-state index contributed by atoms with van der Waals surface area (Å²) in [5, 5.41) is 4.03. The number of H-pyrrole nitrogens is 1. The fourth-order valence-electron chi connectivity index (χ4n) is 1.20. The van der Waals surface area contributed by atoms with Gasteiger partial charge in [0.15, 0.2) is 5.78 Å². The molecule has 1 N–H and O–H groups in total. The number of ketones is 1. The van der Waals surface area contributed by atoms with Crippen molar-refractivity contribution in [2.24, 2.45) is 7.05 Å². The van der Waals surface area contributed by atoms with Crippen LogP contribution in [0.25, 0.3) is 0 Å². The second-order valence-electron chi connectivity index (χ2n) is 2.90. The van der Waals surface area contributed by atoms with Gasteiger partial charge in [0, 0.05) is 25.0 Å². The number of nitrogens with one attached hydrogen (secondary N) is 1. The van der Waals surface area contributed by atoms with E-state index in [9.17, 15) is 4.79 Å². The number of hydrogen-bond acceptors (Lipinski definition) is 2. The quantitative estimate of drug-likeness (QED) is 0.676. The highest BCUT2D eigenvalue weighted by Crippen LogP contribution is 2.15. The van der Waals surface area contributed by atoms with Gasteiger partial charge >= 0.3 is 0 Å². The Morgan fingerprint density at radius 1 is 1.64 bits per heavy atom. The third-order valence-electron chi connectivity index (χ3n) is 1.97. The highest BCUT2D eigenvalue weighted by atomic mass is 127. The normalized spacial score (nSPS) is 10.4. The fourth-order valence-corrected chi connectivity index (χ4v) is 1.70. The highest BCUT2D eigenvalue weighted by Gasteiger charge is 2.15. The van der Waals surface area contributed by atoms with Crippen molar-refractivity contribution >= 4 is 28.4 Å². The molecule has 0 unspecified atom stereocenters. The first kappa shape index (κ1) is 9.45. The van der Waals surface area contributed by atoms with E-state index in [-0.39, 0.29) is 5.78 Å². The van der Waals surface area contributed by atoms with Crippen molar-refractivity contribution in [1.29, 1.82) is 0 Å². The molecule has 2 rings (SSSR count). The van der Waals surface area contributed by atoms with Crippen LogP contribution in [0.2, 0.25) is 0 Å². The van der Waals surface area contributed by atoms with E-state index in [2.05, 4.69) is 32.7 Å². The van der Waals surface area contributed by atoms with E-state index in [4.69, 9.17) is 0 Å². The maximum Gasteiger partial charge on any atom is 0.198 e. The van der Waals surface area contributed by atoms with Crippen molar-refractivity contribution in [2.75, 3.05) is 0 Å². The van der Waals surface area contributed by atoms with Gasteiger partial charge in [-0.15, -0.1) is 0 Å². The number of nitrogens with zero attached hydrogens (tertiary/aromatic N) is 2. The minimum Gasteiger partial charge on any atom is -0.367 e. The van der Waals surface area contributed by atoms with Gasteiger partial charge in [-0.1, -0.05) is 0 Å². The highest BCUT2D eigenvalue weighted by molar-refractivity contribution is 14.1. The fraction of sp³-hybridized carbons (Fsp3) is 0.111. The van der Waals surface area contributed by atoms with Gasteiger partial charge in [0.05, 0.1) is 11.8 Å². The zero-order valence-corrected chi connectivity index (χ0v) is 9.65. The Balaban J connectivity index is 2.42. The second-order valence-corrected chi connectivity index (χ2v) is 3.92. The predicted molar refractivity (Wildman–Crippen MR) is 60.2 cm³/mol. The van der Waals surface area contributed by atoms with Crippen molar-refractivity contribution < 1.29 is 4.79 Å². The summed E-state index contributed by atoms with van der Waals surface area (Å²) in [5.74, 6) is 0.00347. The molecule has 2 aromatic rings. The SMILES string of the molecule is Cn1ncc(C(=O)c2cc[nH]c2)c1I. The molecule has 0 saturated carbocycles. The summed E-state index contributed by atoms with van der Waals surface area (Å²) in [4.78, 5) is 14.7. The maximum absolute atomic E-state index is 11.9. The lowest BCUT2D eigenvalue weighted by molar-refractivity contribution is 0.103. The second kappa shape index (κ2) is 3.56. The van der Waals surface area contributed by atoms with E-state index in [1.54, 1.807) is 29.3 Å². The Hall–Kier alpha value is -1.11. The van der Waals surface area contributed by atoms with Crippen LogP contribution in [0.15, 0.2) is 24.7 Å². The number of aryl methyl sites for hydroxylation is 1. The summed E-state index contributed by atoms with van der Waals surface area (Å²) < 4.78 is 2.54. The van der Waals surface area contributed by atoms with Gasteiger partial charge in [0.25, 0.3) is 0 Å². The van der Waals surface area contributed by atoms with Crippen molar-refractivity contribution in [2.45, 2.75) is 0 Å². The van der Waals surface area contributed by atoms with Gasteiger partial charge in [-0.3, -0.25) is 9.48 Å². The van der Waals surface area contributed by atoms with Crippen molar-refractivity contribution in [3.05, 3.63) is 39.5 Å². The summed E-state index contributed by atoms with van der Waals surface area (Å²) in [7, 11) is 1.82. The van der Waals surface area contributed by atoms with E-state index in [0.717, 1.165) is 3.70 Å². The molecule has 0 aliphatic rings. The Morgan fingerprint density at radius 2 is 2.43 bits per heavy atom. The molecule has 0 aliphatic heterocycles. The van der Waals surface area contributed by atoms with Crippen molar-refractivity contribution in [1.82, 2.24) is 14.8 Å². The third kappa shape index (κ3) is 1.47. The van der Waals surface area contributed by atoms with E-state index >= 15 is 0 Å². The molecule has 4 nitrogen and oxygen atoms in total. The average Bonchev–Trinajstić information content (AvgIpc) is 2.77. The number of carbonyl (C=O) groups is 1. The van der Waals surface area contributed by atoms with Crippen LogP contribution in [0.5, 0.6) is 0 Å². The number of aromatic nitrogens is 3. The molecule has 0 aromatic carbocycles. The summed E-state index contributed by atoms with van der Waals surface area (Å²) in [6.07, 6.45) is 5.01. The molecule has 2 heterocycles. The molecule has 0 fully saturated rings. The van der Waals surface area contributed by atoms with E-state index in [1.807, 2.05) is 7.05 Å². The lowest BCUT2D eigenvalue weighted by Gasteiger charge is -1.95. The summed E-state index contributed by atoms with van der Waals surface area (Å²) in [5.41, 5.74) is 1.31. The van der Waals surface area contributed by atoms with Gasteiger partial charge in [-0.2, -0.15) is 5.10 Å². The molecule has 0 aliphatic carbocycles. The van der Waals surface area contributed by atoms with Gasteiger partial charge in [-0.05, 0) is 28.7 Å². The summed E-state index contributed by atoms with van der Waals surface area (Å²) >= 11 is 2.11. The van der Waals surface area contributed by atoms with Crippen LogP contribution < -0.4 is 0 Å². The molecule has 0 spiro atoms. The Bertz CT molecular complexity index is 458. The minimum atomic E-state index is 0.00347. The standard InChI is InChI=1S/C9H8IN3O/c1-13-9(10)7(5-12-13)8(14)6-2-3-11-4-6/h2-5,11H,1H3. The van der Waals surface area contributed by atoms with Crippen molar-refractivity contribution in [3.63, 3.8) is 0 Å². The van der Waals surface area contributed by atoms with Gasteiger partial charge < -0.3 is 4.98 Å². The number of hydrogen-bond donors (Lipinski definition) is 1. The Morgan fingerprint density at radius 3 is 2.93 bits per heavy atom. The van der Waals surface area contributed by atoms with Crippen LogP contribution in [0, 0.1) is 3.70 Å². The first-order valence-corrected chi connectivity index (χ1v) is 5.13. The van der Waals surface area contributed by atoms with Gasteiger partial charge in [-0.25, -0.2) is 0 Å². The monoisotopic (exact) mass is 301 g/mol. The zero-order valence-electron chi connectivity index (χ0n) is 7.49. The Labute approximate surface area is 94.5 Å². The molecule has 0 amide bonds. The zero-order chi connectivity index (χ0) is 10.1. The van der Waals surface area contributed by atoms with Crippen LogP contribution in [0.4, 0.5) is 0 Å². The summed E-state index contributed by atoms with van der Waals surface area (Å²) in [6, 6.07) is 1.76. The van der Waals surface area contributed by atoms with Crippen LogP contribution >= 0.6 is 22.6 Å². The summed E-state index contributed by atoms with van der Waals surface area (Å²) in [6.45, 7) is 0. The maximum atomic E-state index is 11.9. The number of aromatic amines is 1. The van der Waals surface area contributed by atoms with E-state index in [0.29, 0.717) is 11.1 Å². The number of halogens is 1. The molecule has 0 bridgehead atoms. The molecule has 5 heteroatoms. The number of rotatable bonds is 2. The topological polar surface area (TPSA) is 50.7 Å². The van der Waals surface area contributed by atoms with Gasteiger partial charge in [0.1, 0.15) is 3.70 Å². The molecule has 14 heavy (non-hydrogen) atoms. The molecule has 0 radical (unpaired) electrons.